The minimum absolute atomic E-state index is 0.211. The number of anilines is 1. The van der Waals surface area contributed by atoms with Crippen molar-refractivity contribution in [2.24, 2.45) is 0 Å². The van der Waals surface area contributed by atoms with Crippen molar-refractivity contribution in [3.63, 3.8) is 0 Å². The monoisotopic (exact) mass is 209 g/mol. The van der Waals surface area contributed by atoms with E-state index in [-0.39, 0.29) is 6.10 Å². The molecule has 0 atom stereocenters. The summed E-state index contributed by atoms with van der Waals surface area (Å²) in [5.41, 5.74) is 8.84. The lowest BCUT2D eigenvalue weighted by Crippen LogP contribution is -2.06. The number of benzene rings is 1. The van der Waals surface area contributed by atoms with Crippen LogP contribution in [0.15, 0.2) is 12.1 Å². The first-order valence-corrected chi connectivity index (χ1v) is 5.54. The van der Waals surface area contributed by atoms with E-state index >= 15 is 0 Å². The Morgan fingerprint density at radius 3 is 1.80 bits per heavy atom. The van der Waals surface area contributed by atoms with Crippen molar-refractivity contribution < 1.29 is 4.74 Å². The van der Waals surface area contributed by atoms with E-state index in [1.54, 1.807) is 0 Å². The van der Waals surface area contributed by atoms with Crippen molar-refractivity contribution in [2.45, 2.75) is 47.6 Å². The Bertz CT molecular complexity index is 282. The van der Waals surface area contributed by atoms with Crippen molar-refractivity contribution in [3.05, 3.63) is 23.3 Å². The van der Waals surface area contributed by atoms with Gasteiger partial charge in [-0.3, -0.25) is 0 Å². The Morgan fingerprint density at radius 2 is 1.47 bits per heavy atom. The molecule has 0 saturated heterocycles. The summed E-state index contributed by atoms with van der Waals surface area (Å²) in [6.45, 7) is 12.0. The van der Waals surface area contributed by atoms with Crippen LogP contribution in [0, 0.1) is 13.8 Å². The van der Waals surface area contributed by atoms with E-state index in [1.165, 1.54) is 0 Å². The van der Waals surface area contributed by atoms with Crippen LogP contribution in [0.2, 0.25) is 0 Å². The average molecular weight is 209 g/mol. The van der Waals surface area contributed by atoms with Gasteiger partial charge in [0.2, 0.25) is 0 Å². The number of nitrogen functional groups attached to an aromatic ring is 1. The first-order chi connectivity index (χ1) is 7.00. The van der Waals surface area contributed by atoms with Crippen molar-refractivity contribution in [2.75, 3.05) is 5.73 Å². The highest BCUT2D eigenvalue weighted by atomic mass is 16.5. The van der Waals surface area contributed by atoms with Gasteiger partial charge in [-0.2, -0.15) is 0 Å². The number of aryl methyl sites for hydroxylation is 2. The summed E-state index contributed by atoms with van der Waals surface area (Å²) < 4.78 is 5.58. The second kappa shape index (κ2) is 6.33. The lowest BCUT2D eigenvalue weighted by Gasteiger charge is -2.12. The molecule has 0 saturated carbocycles. The zero-order valence-electron chi connectivity index (χ0n) is 10.7. The molecule has 0 radical (unpaired) electrons. The van der Waals surface area contributed by atoms with Crippen LogP contribution in [-0.2, 0) is 0 Å². The third-order valence-corrected chi connectivity index (χ3v) is 1.94. The molecule has 0 bridgehead atoms. The Kier molecular flexibility index (Phi) is 5.83. The van der Waals surface area contributed by atoms with Gasteiger partial charge in [-0.15, -0.1) is 0 Å². The molecule has 0 fully saturated rings. The first-order valence-electron chi connectivity index (χ1n) is 5.54. The fraction of sp³-hybridized carbons (Fsp3) is 0.538. The van der Waals surface area contributed by atoms with Crippen LogP contribution in [0.5, 0.6) is 5.75 Å². The fourth-order valence-corrected chi connectivity index (χ4v) is 1.28. The summed E-state index contributed by atoms with van der Waals surface area (Å²) in [5, 5.41) is 0. The van der Waals surface area contributed by atoms with Gasteiger partial charge in [-0.05, 0) is 51.0 Å². The zero-order chi connectivity index (χ0) is 12.0. The smallest absolute Gasteiger partial charge is 0.120 e. The second-order valence-corrected chi connectivity index (χ2v) is 3.64. The molecule has 2 N–H and O–H groups in total. The number of rotatable bonds is 2. The number of hydrogen-bond donors (Lipinski definition) is 1. The van der Waals surface area contributed by atoms with E-state index in [2.05, 4.69) is 0 Å². The Morgan fingerprint density at radius 1 is 1.07 bits per heavy atom. The van der Waals surface area contributed by atoms with Crippen molar-refractivity contribution >= 4 is 5.69 Å². The lowest BCUT2D eigenvalue weighted by molar-refractivity contribution is 0.242. The highest BCUT2D eigenvalue weighted by Crippen LogP contribution is 2.24. The minimum Gasteiger partial charge on any atom is -0.491 e. The van der Waals surface area contributed by atoms with Crippen LogP contribution in [0.25, 0.3) is 0 Å². The molecule has 0 unspecified atom stereocenters. The lowest BCUT2D eigenvalue weighted by atomic mass is 10.1. The molecule has 0 heterocycles. The molecule has 0 aliphatic heterocycles. The van der Waals surface area contributed by atoms with E-state index in [0.717, 1.165) is 22.6 Å². The number of hydrogen-bond acceptors (Lipinski definition) is 2. The average Bonchev–Trinajstić information content (AvgIpc) is 2.16. The van der Waals surface area contributed by atoms with Crippen LogP contribution >= 0.6 is 0 Å². The van der Waals surface area contributed by atoms with Crippen LogP contribution in [0.1, 0.15) is 38.8 Å². The third kappa shape index (κ3) is 4.24. The summed E-state index contributed by atoms with van der Waals surface area (Å²) >= 11 is 0. The normalized spacial score (nSPS) is 9.53. The molecule has 0 amide bonds. The Labute approximate surface area is 93.4 Å². The summed E-state index contributed by atoms with van der Waals surface area (Å²) in [4.78, 5) is 0. The Balaban J connectivity index is 0.000000921. The molecule has 1 aromatic carbocycles. The van der Waals surface area contributed by atoms with Crippen LogP contribution in [0.4, 0.5) is 5.69 Å². The highest BCUT2D eigenvalue weighted by Gasteiger charge is 2.03. The molecule has 1 rings (SSSR count). The molecule has 86 valence electrons. The topological polar surface area (TPSA) is 35.2 Å². The van der Waals surface area contributed by atoms with Crippen molar-refractivity contribution in [1.29, 1.82) is 0 Å². The van der Waals surface area contributed by atoms with Gasteiger partial charge >= 0.3 is 0 Å². The molecule has 0 spiro atoms. The van der Waals surface area contributed by atoms with Gasteiger partial charge in [0.25, 0.3) is 0 Å². The molecule has 15 heavy (non-hydrogen) atoms. The molecule has 1 aromatic rings. The highest BCUT2D eigenvalue weighted by molar-refractivity contribution is 5.56. The van der Waals surface area contributed by atoms with Crippen molar-refractivity contribution in [3.8, 4) is 5.75 Å². The Hall–Kier alpha value is -1.18. The van der Waals surface area contributed by atoms with Gasteiger partial charge in [-0.25, -0.2) is 0 Å². The fourth-order valence-electron chi connectivity index (χ4n) is 1.28. The van der Waals surface area contributed by atoms with E-state index < -0.39 is 0 Å². The summed E-state index contributed by atoms with van der Waals surface area (Å²) in [6, 6.07) is 3.95. The quantitative estimate of drug-likeness (QED) is 0.754. The maximum Gasteiger partial charge on any atom is 0.120 e. The molecule has 0 aliphatic rings. The molecule has 0 aromatic heterocycles. The van der Waals surface area contributed by atoms with Crippen LogP contribution < -0.4 is 10.5 Å². The molecule has 2 heteroatoms. The SMILES string of the molecule is CC.Cc1cc(OC(C)C)cc(C)c1N. The predicted molar refractivity (Wildman–Crippen MR) is 67.4 cm³/mol. The van der Waals surface area contributed by atoms with E-state index in [4.69, 9.17) is 10.5 Å². The minimum atomic E-state index is 0.211. The molecular weight excluding hydrogens is 186 g/mol. The molecule has 0 aliphatic carbocycles. The van der Waals surface area contributed by atoms with Gasteiger partial charge in [0.15, 0.2) is 0 Å². The van der Waals surface area contributed by atoms with Gasteiger partial charge < -0.3 is 10.5 Å². The largest absolute Gasteiger partial charge is 0.491 e. The molecular formula is C13H23NO. The predicted octanol–water partition coefficient (Wildman–Crippen LogP) is 3.70. The summed E-state index contributed by atoms with van der Waals surface area (Å²) in [7, 11) is 0. The van der Waals surface area contributed by atoms with E-state index in [1.807, 2.05) is 53.7 Å². The van der Waals surface area contributed by atoms with Gasteiger partial charge in [0, 0.05) is 5.69 Å². The first kappa shape index (κ1) is 13.8. The second-order valence-electron chi connectivity index (χ2n) is 3.64. The van der Waals surface area contributed by atoms with Gasteiger partial charge in [0.1, 0.15) is 5.75 Å². The summed E-state index contributed by atoms with van der Waals surface area (Å²) in [6.07, 6.45) is 0.211. The molecule has 2 nitrogen and oxygen atoms in total. The van der Waals surface area contributed by atoms with E-state index in [9.17, 15) is 0 Å². The number of nitrogens with two attached hydrogens (primary N) is 1. The zero-order valence-corrected chi connectivity index (χ0v) is 10.7. The van der Waals surface area contributed by atoms with Crippen molar-refractivity contribution in [1.82, 2.24) is 0 Å². The van der Waals surface area contributed by atoms with E-state index in [0.29, 0.717) is 0 Å². The number of ether oxygens (including phenoxy) is 1. The van der Waals surface area contributed by atoms with Crippen LogP contribution in [0.3, 0.4) is 0 Å². The van der Waals surface area contributed by atoms with Gasteiger partial charge in [-0.1, -0.05) is 13.8 Å². The maximum atomic E-state index is 5.83. The maximum absolute atomic E-state index is 5.83. The van der Waals surface area contributed by atoms with Gasteiger partial charge in [0.05, 0.1) is 6.10 Å². The third-order valence-electron chi connectivity index (χ3n) is 1.94. The summed E-state index contributed by atoms with van der Waals surface area (Å²) in [5.74, 6) is 0.902. The van der Waals surface area contributed by atoms with Crippen LogP contribution in [-0.4, -0.2) is 6.10 Å². The standard InChI is InChI=1S/C11H17NO.C2H6/c1-7(2)13-10-5-8(3)11(12)9(4)6-10;1-2/h5-7H,12H2,1-4H3;1-2H3.